The molecule has 2 rings (SSSR count). The highest BCUT2D eigenvalue weighted by Gasteiger charge is 2.50. The Labute approximate surface area is 107 Å². The van der Waals surface area contributed by atoms with Gasteiger partial charge in [-0.25, -0.2) is 9.18 Å². The van der Waals surface area contributed by atoms with Crippen LogP contribution in [0, 0.1) is 5.82 Å². The predicted molar refractivity (Wildman–Crippen MR) is 60.9 cm³/mol. The monoisotopic (exact) mass is 275 g/mol. The highest BCUT2D eigenvalue weighted by atomic mass is 19.3. The quantitative estimate of drug-likeness (QED) is 0.856. The summed E-state index contributed by atoms with van der Waals surface area (Å²) in [6, 6.07) is 4.02. The zero-order chi connectivity index (χ0) is 14.0. The van der Waals surface area contributed by atoms with E-state index >= 15 is 0 Å². The molecule has 1 heterocycles. The van der Waals surface area contributed by atoms with Crippen LogP contribution in [0.15, 0.2) is 18.2 Å². The van der Waals surface area contributed by atoms with E-state index in [-0.39, 0.29) is 12.2 Å². The van der Waals surface area contributed by atoms with Crippen LogP contribution in [0.5, 0.6) is 5.75 Å². The molecule has 0 aromatic heterocycles. The highest BCUT2D eigenvalue weighted by Crippen LogP contribution is 2.31. The van der Waals surface area contributed by atoms with Crippen molar-refractivity contribution in [2.75, 3.05) is 19.0 Å². The Kier molecular flexibility index (Phi) is 3.55. The summed E-state index contributed by atoms with van der Waals surface area (Å²) in [5.74, 6) is -5.11. The van der Waals surface area contributed by atoms with Crippen molar-refractivity contribution in [3.63, 3.8) is 0 Å². The fourth-order valence-electron chi connectivity index (χ4n) is 1.75. The van der Waals surface area contributed by atoms with Crippen molar-refractivity contribution in [3.8, 4) is 5.75 Å². The van der Waals surface area contributed by atoms with E-state index in [1.54, 1.807) is 0 Å². The molecule has 1 aromatic carbocycles. The van der Waals surface area contributed by atoms with Gasteiger partial charge < -0.3 is 14.8 Å². The molecule has 0 aliphatic carbocycles. The van der Waals surface area contributed by atoms with Gasteiger partial charge in [0.05, 0.1) is 25.8 Å². The minimum Gasteiger partial charge on any atom is -0.497 e. The van der Waals surface area contributed by atoms with Crippen LogP contribution in [0.3, 0.4) is 0 Å². The third kappa shape index (κ3) is 2.91. The van der Waals surface area contributed by atoms with Crippen LogP contribution >= 0.6 is 0 Å². The molecule has 1 aromatic rings. The minimum atomic E-state index is -3.46. The Morgan fingerprint density at radius 3 is 2.84 bits per heavy atom. The Balaban J connectivity index is 1.98. The number of carbonyl (C=O) groups excluding carboxylic acids is 1. The van der Waals surface area contributed by atoms with Crippen LogP contribution in [-0.2, 0) is 9.53 Å². The van der Waals surface area contributed by atoms with Gasteiger partial charge in [-0.05, 0) is 12.1 Å². The first-order valence-electron chi connectivity index (χ1n) is 5.58. The van der Waals surface area contributed by atoms with E-state index in [1.807, 2.05) is 0 Å². The second-order valence-electron chi connectivity index (χ2n) is 4.16. The van der Waals surface area contributed by atoms with Crippen molar-refractivity contribution in [1.82, 2.24) is 0 Å². The smallest absolute Gasteiger partial charge is 0.377 e. The third-order valence-corrected chi connectivity index (χ3v) is 2.75. The van der Waals surface area contributed by atoms with Gasteiger partial charge in [0.15, 0.2) is 0 Å². The molecule has 1 aliphatic heterocycles. The maximum absolute atomic E-state index is 13.4. The van der Waals surface area contributed by atoms with Gasteiger partial charge in [-0.2, -0.15) is 8.78 Å². The molecule has 0 amide bonds. The summed E-state index contributed by atoms with van der Waals surface area (Å²) >= 11 is 0. The molecular weight excluding hydrogens is 263 g/mol. The number of benzene rings is 1. The van der Waals surface area contributed by atoms with E-state index in [9.17, 15) is 18.0 Å². The molecule has 0 bridgehead atoms. The molecule has 1 saturated heterocycles. The lowest BCUT2D eigenvalue weighted by atomic mass is 10.2. The molecule has 1 atom stereocenters. The standard InChI is InChI=1S/C12H12F3NO3/c1-18-7-2-3-9(13)10(4-7)16-6-8-5-12(14,15)11(17)19-8/h2-4,8,16H,5-6H2,1H3. The van der Waals surface area contributed by atoms with Crippen molar-refractivity contribution < 1.29 is 27.4 Å². The molecule has 19 heavy (non-hydrogen) atoms. The van der Waals surface area contributed by atoms with Gasteiger partial charge >= 0.3 is 11.9 Å². The maximum Gasteiger partial charge on any atom is 0.377 e. The van der Waals surface area contributed by atoms with Gasteiger partial charge in [0, 0.05) is 6.07 Å². The van der Waals surface area contributed by atoms with E-state index in [0.29, 0.717) is 5.75 Å². The Morgan fingerprint density at radius 2 is 2.26 bits per heavy atom. The molecule has 7 heteroatoms. The summed E-state index contributed by atoms with van der Waals surface area (Å²) < 4.78 is 48.7. The lowest BCUT2D eigenvalue weighted by Gasteiger charge is -2.12. The van der Waals surface area contributed by atoms with Gasteiger partial charge in [-0.1, -0.05) is 0 Å². The predicted octanol–water partition coefficient (Wildman–Crippen LogP) is 2.20. The molecule has 1 unspecified atom stereocenters. The van der Waals surface area contributed by atoms with Gasteiger partial charge in [-0.3, -0.25) is 0 Å². The van der Waals surface area contributed by atoms with E-state index in [4.69, 9.17) is 4.74 Å². The first kappa shape index (κ1) is 13.5. The number of alkyl halides is 2. The summed E-state index contributed by atoms with van der Waals surface area (Å²) in [5, 5.41) is 2.62. The molecule has 1 fully saturated rings. The van der Waals surface area contributed by atoms with Crippen LogP contribution in [0.2, 0.25) is 0 Å². The van der Waals surface area contributed by atoms with Crippen LogP contribution in [0.4, 0.5) is 18.9 Å². The van der Waals surface area contributed by atoms with Crippen LogP contribution in [-0.4, -0.2) is 31.7 Å². The number of ether oxygens (including phenoxy) is 2. The zero-order valence-electron chi connectivity index (χ0n) is 10.1. The highest BCUT2D eigenvalue weighted by molar-refractivity contribution is 5.79. The Hall–Kier alpha value is -1.92. The van der Waals surface area contributed by atoms with Crippen LogP contribution in [0.25, 0.3) is 0 Å². The number of methoxy groups -OCH3 is 1. The molecule has 104 valence electrons. The van der Waals surface area contributed by atoms with Crippen molar-refractivity contribution in [1.29, 1.82) is 0 Å². The van der Waals surface area contributed by atoms with Gasteiger partial charge in [0.25, 0.3) is 0 Å². The Bertz CT molecular complexity index is 493. The average molecular weight is 275 g/mol. The van der Waals surface area contributed by atoms with Gasteiger partial charge in [0.2, 0.25) is 0 Å². The third-order valence-electron chi connectivity index (χ3n) is 2.75. The summed E-state index contributed by atoms with van der Waals surface area (Å²) in [7, 11) is 1.43. The Morgan fingerprint density at radius 1 is 1.53 bits per heavy atom. The summed E-state index contributed by atoms with van der Waals surface area (Å²) in [4.78, 5) is 10.8. The summed E-state index contributed by atoms with van der Waals surface area (Å²) in [6.45, 7) is -0.0918. The number of cyclic esters (lactones) is 1. The lowest BCUT2D eigenvalue weighted by molar-refractivity contribution is -0.158. The van der Waals surface area contributed by atoms with E-state index in [0.717, 1.165) is 0 Å². The van der Waals surface area contributed by atoms with E-state index < -0.39 is 30.2 Å². The largest absolute Gasteiger partial charge is 0.497 e. The topological polar surface area (TPSA) is 47.6 Å². The fourth-order valence-corrected chi connectivity index (χ4v) is 1.75. The SMILES string of the molecule is COc1ccc(F)c(NCC2CC(F)(F)C(=O)O2)c1. The molecule has 0 spiro atoms. The second kappa shape index (κ2) is 4.99. The van der Waals surface area contributed by atoms with Crippen LogP contribution < -0.4 is 10.1 Å². The van der Waals surface area contributed by atoms with E-state index in [2.05, 4.69) is 10.1 Å². The first-order valence-corrected chi connectivity index (χ1v) is 5.58. The lowest BCUT2D eigenvalue weighted by Crippen LogP contribution is -2.22. The van der Waals surface area contributed by atoms with Gasteiger partial charge in [0.1, 0.15) is 17.7 Å². The number of halogens is 3. The molecule has 4 nitrogen and oxygen atoms in total. The summed E-state index contributed by atoms with van der Waals surface area (Å²) in [5.41, 5.74) is 0.102. The summed E-state index contributed by atoms with van der Waals surface area (Å²) in [6.07, 6.45) is -1.68. The van der Waals surface area contributed by atoms with E-state index in [1.165, 1.54) is 25.3 Å². The second-order valence-corrected chi connectivity index (χ2v) is 4.16. The molecule has 0 radical (unpaired) electrons. The first-order chi connectivity index (χ1) is 8.92. The van der Waals surface area contributed by atoms with Crippen molar-refractivity contribution >= 4 is 11.7 Å². The molecule has 1 N–H and O–H groups in total. The number of nitrogens with one attached hydrogen (secondary N) is 1. The number of anilines is 1. The zero-order valence-corrected chi connectivity index (χ0v) is 10.1. The normalized spacial score (nSPS) is 21.1. The van der Waals surface area contributed by atoms with Crippen molar-refractivity contribution in [3.05, 3.63) is 24.0 Å². The average Bonchev–Trinajstić information content (AvgIpc) is 2.62. The number of hydrogen-bond acceptors (Lipinski definition) is 4. The van der Waals surface area contributed by atoms with Crippen LogP contribution in [0.1, 0.15) is 6.42 Å². The number of carbonyl (C=O) groups is 1. The van der Waals surface area contributed by atoms with Crippen molar-refractivity contribution in [2.45, 2.75) is 18.4 Å². The number of rotatable bonds is 4. The molecule has 0 saturated carbocycles. The maximum atomic E-state index is 13.4. The van der Waals surface area contributed by atoms with Crippen molar-refractivity contribution in [2.24, 2.45) is 0 Å². The molecule has 1 aliphatic rings. The fraction of sp³-hybridized carbons (Fsp3) is 0.417. The number of esters is 1. The van der Waals surface area contributed by atoms with Gasteiger partial charge in [-0.15, -0.1) is 0 Å². The number of hydrogen-bond donors (Lipinski definition) is 1. The molecular formula is C12H12F3NO3. The minimum absolute atomic E-state index is 0.0918.